The summed E-state index contributed by atoms with van der Waals surface area (Å²) in [5.74, 6) is -1.17. The minimum atomic E-state index is -4.52. The molecule has 2 heterocycles. The molecule has 0 radical (unpaired) electrons. The van der Waals surface area contributed by atoms with Gasteiger partial charge in [-0.25, -0.2) is 4.79 Å². The van der Waals surface area contributed by atoms with Crippen LogP contribution in [0.5, 0.6) is 0 Å². The van der Waals surface area contributed by atoms with Crippen LogP contribution in [0.3, 0.4) is 0 Å². The highest BCUT2D eigenvalue weighted by Gasteiger charge is 2.31. The first-order valence-corrected chi connectivity index (χ1v) is 11.7. The fourth-order valence-corrected chi connectivity index (χ4v) is 5.13. The lowest BCUT2D eigenvalue weighted by atomic mass is 10.0. The minimum Gasteiger partial charge on any atom is -0.481 e. The third-order valence-electron chi connectivity index (χ3n) is 6.80. The number of aryl methyl sites for hydroxylation is 2. The molecule has 0 fully saturated rings. The van der Waals surface area contributed by atoms with Crippen LogP contribution in [0.2, 0.25) is 0 Å². The quantitative estimate of drug-likeness (QED) is 0.319. The lowest BCUT2D eigenvalue weighted by Crippen LogP contribution is -2.29. The molecule has 0 saturated heterocycles. The highest BCUT2D eigenvalue weighted by molar-refractivity contribution is 5.87. The number of rotatable bonds is 6. The second-order valence-corrected chi connectivity index (χ2v) is 9.20. The zero-order chi connectivity index (χ0) is 26.5. The van der Waals surface area contributed by atoms with E-state index in [1.54, 1.807) is 28.8 Å². The molecule has 0 aliphatic carbocycles. The number of fused-ring (bicyclic) bond motifs is 2. The van der Waals surface area contributed by atoms with E-state index >= 15 is 0 Å². The van der Waals surface area contributed by atoms with Gasteiger partial charge in [0.1, 0.15) is 0 Å². The number of carbonyl (C=O) groups is 1. The molecule has 0 spiro atoms. The first-order chi connectivity index (χ1) is 17.6. The number of hydrogen-bond acceptors (Lipinski definition) is 2. The topological polar surface area (TPSA) is 69.2 Å². The number of para-hydroxylation sites is 2. The number of imidazole rings is 1. The summed E-state index contributed by atoms with van der Waals surface area (Å²) in [5, 5.41) is 10.7. The molecule has 0 aliphatic heterocycles. The van der Waals surface area contributed by atoms with E-state index in [1.165, 1.54) is 16.7 Å². The number of aromatic nitrogens is 3. The van der Waals surface area contributed by atoms with Gasteiger partial charge in [-0.2, -0.15) is 13.2 Å². The van der Waals surface area contributed by atoms with Crippen LogP contribution >= 0.6 is 0 Å². The Morgan fingerprint density at radius 2 is 1.59 bits per heavy atom. The van der Waals surface area contributed by atoms with E-state index in [2.05, 4.69) is 0 Å². The Morgan fingerprint density at radius 3 is 2.24 bits per heavy atom. The van der Waals surface area contributed by atoms with E-state index in [0.717, 1.165) is 34.2 Å². The summed E-state index contributed by atoms with van der Waals surface area (Å²) in [5.41, 5.74) is 3.19. The molecule has 0 aliphatic rings. The van der Waals surface area contributed by atoms with Crippen LogP contribution in [0.25, 0.3) is 21.9 Å². The number of hydrogen-bond donors (Lipinski definition) is 1. The van der Waals surface area contributed by atoms with Crippen molar-refractivity contribution in [2.75, 3.05) is 0 Å². The number of halogens is 3. The van der Waals surface area contributed by atoms with Crippen LogP contribution in [-0.2, 0) is 24.6 Å². The predicted molar refractivity (Wildman–Crippen MR) is 135 cm³/mol. The van der Waals surface area contributed by atoms with Crippen molar-refractivity contribution in [1.29, 1.82) is 0 Å². The summed E-state index contributed by atoms with van der Waals surface area (Å²) in [6.45, 7) is 2.26. The van der Waals surface area contributed by atoms with Gasteiger partial charge in [-0.15, -0.1) is 0 Å². The van der Waals surface area contributed by atoms with Gasteiger partial charge in [0, 0.05) is 24.1 Å². The molecule has 0 saturated carbocycles. The SMILES string of the molecule is Cc1cccc2c1c(Cn1c(=O)n(C(CC(=O)O)c3ccc(C(F)(F)F)cc3)c3ccccc31)cn2C. The summed E-state index contributed by atoms with van der Waals surface area (Å²) in [4.78, 5) is 25.7. The molecule has 1 atom stereocenters. The van der Waals surface area contributed by atoms with Gasteiger partial charge in [-0.05, 0) is 53.9 Å². The van der Waals surface area contributed by atoms with Crippen molar-refractivity contribution in [1.82, 2.24) is 13.7 Å². The van der Waals surface area contributed by atoms with Gasteiger partial charge in [0.05, 0.1) is 35.6 Å². The van der Waals surface area contributed by atoms with Gasteiger partial charge in [0.2, 0.25) is 0 Å². The summed E-state index contributed by atoms with van der Waals surface area (Å²) in [6.07, 6.45) is -3.02. The Balaban J connectivity index is 1.68. The first kappa shape index (κ1) is 24.4. The van der Waals surface area contributed by atoms with E-state index in [0.29, 0.717) is 16.6 Å². The van der Waals surface area contributed by atoms with Gasteiger partial charge < -0.3 is 9.67 Å². The van der Waals surface area contributed by atoms with Gasteiger partial charge in [-0.3, -0.25) is 13.9 Å². The number of aliphatic carboxylic acids is 1. The van der Waals surface area contributed by atoms with E-state index in [4.69, 9.17) is 0 Å². The zero-order valence-electron chi connectivity index (χ0n) is 20.2. The molecular formula is C28H24F3N3O3. The standard InChI is InChI=1S/C28H24F3N3O3/c1-17-6-5-9-23-26(17)19(15-32(23)2)16-33-21-7-3-4-8-22(21)34(27(33)37)24(14-25(35)36)18-10-12-20(13-11-18)28(29,30)31/h3-13,15,24H,14,16H2,1-2H3,(H,35,36). The third kappa shape index (κ3) is 4.30. The summed E-state index contributed by atoms with van der Waals surface area (Å²) in [7, 11) is 1.94. The van der Waals surface area contributed by atoms with Crippen LogP contribution < -0.4 is 5.69 Å². The Kier molecular flexibility index (Phi) is 5.94. The molecule has 5 aromatic rings. The third-order valence-corrected chi connectivity index (χ3v) is 6.80. The van der Waals surface area contributed by atoms with Crippen molar-refractivity contribution in [2.24, 2.45) is 7.05 Å². The van der Waals surface area contributed by atoms with E-state index < -0.39 is 35.9 Å². The Morgan fingerprint density at radius 1 is 0.946 bits per heavy atom. The number of alkyl halides is 3. The normalized spacial score (nSPS) is 12.9. The van der Waals surface area contributed by atoms with Crippen molar-refractivity contribution in [3.8, 4) is 0 Å². The van der Waals surface area contributed by atoms with Crippen molar-refractivity contribution in [3.63, 3.8) is 0 Å². The van der Waals surface area contributed by atoms with Crippen LogP contribution in [-0.4, -0.2) is 24.8 Å². The maximum absolute atomic E-state index is 13.9. The van der Waals surface area contributed by atoms with Crippen LogP contribution in [0.15, 0.2) is 77.7 Å². The number of benzene rings is 3. The van der Waals surface area contributed by atoms with Crippen molar-refractivity contribution in [3.05, 3.63) is 106 Å². The first-order valence-electron chi connectivity index (χ1n) is 11.7. The molecule has 2 aromatic heterocycles. The average Bonchev–Trinajstić information content (AvgIpc) is 3.32. The molecule has 0 bridgehead atoms. The second kappa shape index (κ2) is 8.99. The molecule has 190 valence electrons. The van der Waals surface area contributed by atoms with Crippen molar-refractivity contribution < 1.29 is 23.1 Å². The highest BCUT2D eigenvalue weighted by atomic mass is 19.4. The maximum atomic E-state index is 13.9. The monoisotopic (exact) mass is 507 g/mol. The van der Waals surface area contributed by atoms with Gasteiger partial charge in [0.15, 0.2) is 0 Å². The maximum Gasteiger partial charge on any atom is 0.416 e. The smallest absolute Gasteiger partial charge is 0.416 e. The lowest BCUT2D eigenvalue weighted by molar-refractivity contribution is -0.138. The van der Waals surface area contributed by atoms with E-state index in [9.17, 15) is 27.9 Å². The lowest BCUT2D eigenvalue weighted by Gasteiger charge is -2.18. The largest absolute Gasteiger partial charge is 0.481 e. The molecule has 37 heavy (non-hydrogen) atoms. The fraction of sp³-hybridized carbons (Fsp3) is 0.214. The Labute approximate surface area is 209 Å². The molecule has 5 rings (SSSR count). The molecule has 3 aromatic carbocycles. The van der Waals surface area contributed by atoms with Gasteiger partial charge >= 0.3 is 17.8 Å². The molecule has 1 N–H and O–H groups in total. The van der Waals surface area contributed by atoms with Gasteiger partial charge in [0.25, 0.3) is 0 Å². The molecular weight excluding hydrogens is 483 g/mol. The molecule has 9 heteroatoms. The Bertz CT molecular complexity index is 1690. The van der Waals surface area contributed by atoms with Crippen molar-refractivity contribution >= 4 is 27.9 Å². The van der Waals surface area contributed by atoms with Crippen LogP contribution in [0.4, 0.5) is 13.2 Å². The van der Waals surface area contributed by atoms with E-state index in [-0.39, 0.29) is 6.54 Å². The fourth-order valence-electron chi connectivity index (χ4n) is 5.13. The van der Waals surface area contributed by atoms with E-state index in [1.807, 2.05) is 42.9 Å². The summed E-state index contributed by atoms with van der Waals surface area (Å²) < 4.78 is 44.3. The number of carboxylic acids is 1. The molecule has 0 amide bonds. The highest BCUT2D eigenvalue weighted by Crippen LogP contribution is 2.32. The number of carboxylic acid groups (broad SMARTS) is 1. The van der Waals surface area contributed by atoms with Crippen LogP contribution in [0.1, 0.15) is 34.7 Å². The van der Waals surface area contributed by atoms with Gasteiger partial charge in [-0.1, -0.05) is 36.4 Å². The molecule has 6 nitrogen and oxygen atoms in total. The molecule has 1 unspecified atom stereocenters. The van der Waals surface area contributed by atoms with Crippen LogP contribution in [0, 0.1) is 6.92 Å². The predicted octanol–water partition coefficient (Wildman–Crippen LogP) is 5.73. The summed E-state index contributed by atoms with van der Waals surface area (Å²) in [6, 6.07) is 16.3. The van der Waals surface area contributed by atoms with Crippen molar-refractivity contribution in [2.45, 2.75) is 32.1 Å². The Hall–Kier alpha value is -4.27. The minimum absolute atomic E-state index is 0.251. The average molecular weight is 508 g/mol. The zero-order valence-corrected chi connectivity index (χ0v) is 20.2. The second-order valence-electron chi connectivity index (χ2n) is 9.20. The summed E-state index contributed by atoms with van der Waals surface area (Å²) >= 11 is 0. The number of nitrogens with zero attached hydrogens (tertiary/aromatic N) is 3.